The highest BCUT2D eigenvalue weighted by Crippen LogP contribution is 2.04. The van der Waals surface area contributed by atoms with Gasteiger partial charge in [-0.05, 0) is 37.3 Å². The van der Waals surface area contributed by atoms with Gasteiger partial charge in [0.2, 0.25) is 5.78 Å². The summed E-state index contributed by atoms with van der Waals surface area (Å²) in [6.07, 6.45) is 10.0. The van der Waals surface area contributed by atoms with E-state index in [4.69, 9.17) is 4.42 Å². The second-order valence-corrected chi connectivity index (χ2v) is 3.63. The van der Waals surface area contributed by atoms with Crippen molar-refractivity contribution in [2.45, 2.75) is 13.5 Å². The summed E-state index contributed by atoms with van der Waals surface area (Å²) in [6, 6.07) is 5.37. The molecule has 0 aliphatic heterocycles. The van der Waals surface area contributed by atoms with Gasteiger partial charge in [-0.15, -0.1) is 0 Å². The molecule has 0 N–H and O–H groups in total. The first-order valence-electron chi connectivity index (χ1n) is 5.75. The summed E-state index contributed by atoms with van der Waals surface area (Å²) in [5, 5.41) is 4.05. The van der Waals surface area contributed by atoms with Crippen LogP contribution >= 0.6 is 0 Å². The first-order chi connectivity index (χ1) is 8.81. The number of carbonyl (C=O) groups excluding carboxylic acids is 1. The Labute approximate surface area is 105 Å². The van der Waals surface area contributed by atoms with Crippen LogP contribution in [0.3, 0.4) is 0 Å². The number of aromatic nitrogens is 2. The molecule has 0 unspecified atom stereocenters. The molecule has 2 aromatic heterocycles. The van der Waals surface area contributed by atoms with Crippen molar-refractivity contribution in [3.63, 3.8) is 0 Å². The molecule has 2 aromatic rings. The van der Waals surface area contributed by atoms with E-state index in [0.717, 1.165) is 5.76 Å². The summed E-state index contributed by atoms with van der Waals surface area (Å²) < 4.78 is 6.80. The lowest BCUT2D eigenvalue weighted by Crippen LogP contribution is -2.06. The van der Waals surface area contributed by atoms with Crippen LogP contribution in [0.4, 0.5) is 0 Å². The summed E-state index contributed by atoms with van der Waals surface area (Å²) in [5.41, 5.74) is 0.597. The standard InChI is InChI=1S/C14H14N2O2/c1-2-16-13(9-10-15-16)14(17)8-4-3-6-12-7-5-11-18-12/h3-11H,2H2,1H3/b6-3+,8-4+. The Balaban J connectivity index is 1.99. The number of aryl methyl sites for hydroxylation is 1. The molecule has 18 heavy (non-hydrogen) atoms. The summed E-state index contributed by atoms with van der Waals surface area (Å²) >= 11 is 0. The van der Waals surface area contributed by atoms with Gasteiger partial charge in [0, 0.05) is 12.7 Å². The maximum atomic E-state index is 11.8. The monoisotopic (exact) mass is 242 g/mol. The van der Waals surface area contributed by atoms with Crippen LogP contribution in [0.25, 0.3) is 6.08 Å². The lowest BCUT2D eigenvalue weighted by atomic mass is 10.2. The van der Waals surface area contributed by atoms with E-state index in [1.54, 1.807) is 41.4 Å². The maximum absolute atomic E-state index is 11.8. The molecule has 0 bridgehead atoms. The van der Waals surface area contributed by atoms with Crippen LogP contribution in [0.5, 0.6) is 0 Å². The van der Waals surface area contributed by atoms with Crippen LogP contribution in [0.1, 0.15) is 23.2 Å². The molecule has 92 valence electrons. The SMILES string of the molecule is CCn1nccc1C(=O)/C=C/C=C/c1ccco1. The van der Waals surface area contributed by atoms with Crippen molar-refractivity contribution in [1.82, 2.24) is 9.78 Å². The van der Waals surface area contributed by atoms with Crippen molar-refractivity contribution >= 4 is 11.9 Å². The number of allylic oxidation sites excluding steroid dienone is 3. The molecule has 0 saturated heterocycles. The van der Waals surface area contributed by atoms with E-state index < -0.39 is 0 Å². The zero-order valence-corrected chi connectivity index (χ0v) is 10.1. The van der Waals surface area contributed by atoms with Crippen LogP contribution in [0.15, 0.2) is 53.3 Å². The highest BCUT2D eigenvalue weighted by molar-refractivity contribution is 6.03. The molecule has 0 spiro atoms. The maximum Gasteiger partial charge on any atom is 0.203 e. The molecule has 0 aliphatic carbocycles. The van der Waals surface area contributed by atoms with E-state index >= 15 is 0 Å². The highest BCUT2D eigenvalue weighted by atomic mass is 16.3. The van der Waals surface area contributed by atoms with E-state index in [9.17, 15) is 4.79 Å². The molecular weight excluding hydrogens is 228 g/mol. The van der Waals surface area contributed by atoms with Gasteiger partial charge >= 0.3 is 0 Å². The fourth-order valence-corrected chi connectivity index (χ4v) is 1.56. The summed E-state index contributed by atoms with van der Waals surface area (Å²) in [4.78, 5) is 11.8. The Morgan fingerprint density at radius 1 is 1.44 bits per heavy atom. The Bertz CT molecular complexity index is 562. The largest absolute Gasteiger partial charge is 0.465 e. The molecule has 2 heterocycles. The molecule has 0 radical (unpaired) electrons. The fraction of sp³-hybridized carbons (Fsp3) is 0.143. The first kappa shape index (κ1) is 12.1. The highest BCUT2D eigenvalue weighted by Gasteiger charge is 2.06. The van der Waals surface area contributed by atoms with Crippen molar-refractivity contribution in [1.29, 1.82) is 0 Å². The normalized spacial score (nSPS) is 11.6. The lowest BCUT2D eigenvalue weighted by Gasteiger charge is -1.99. The van der Waals surface area contributed by atoms with Crippen LogP contribution in [-0.2, 0) is 6.54 Å². The van der Waals surface area contributed by atoms with Crippen molar-refractivity contribution in [2.24, 2.45) is 0 Å². The smallest absolute Gasteiger partial charge is 0.203 e. The van der Waals surface area contributed by atoms with Gasteiger partial charge in [-0.2, -0.15) is 5.10 Å². The number of hydrogen-bond donors (Lipinski definition) is 0. The Hall–Kier alpha value is -2.36. The molecule has 2 rings (SSSR count). The van der Waals surface area contributed by atoms with Gasteiger partial charge in [0.25, 0.3) is 0 Å². The second kappa shape index (κ2) is 5.82. The summed E-state index contributed by atoms with van der Waals surface area (Å²) in [6.45, 7) is 2.63. The van der Waals surface area contributed by atoms with E-state index in [-0.39, 0.29) is 5.78 Å². The van der Waals surface area contributed by atoms with E-state index in [2.05, 4.69) is 5.10 Å². The van der Waals surface area contributed by atoms with Gasteiger partial charge < -0.3 is 4.42 Å². The van der Waals surface area contributed by atoms with Crippen molar-refractivity contribution in [3.8, 4) is 0 Å². The Kier molecular flexibility index (Phi) is 3.91. The third-order valence-corrected chi connectivity index (χ3v) is 2.43. The molecular formula is C14H14N2O2. The molecule has 0 amide bonds. The molecule has 0 fully saturated rings. The number of rotatable bonds is 5. The van der Waals surface area contributed by atoms with Crippen molar-refractivity contribution in [3.05, 3.63) is 60.3 Å². The summed E-state index contributed by atoms with van der Waals surface area (Å²) in [7, 11) is 0. The van der Waals surface area contributed by atoms with Crippen molar-refractivity contribution in [2.75, 3.05) is 0 Å². The quantitative estimate of drug-likeness (QED) is 0.460. The predicted molar refractivity (Wildman–Crippen MR) is 69.1 cm³/mol. The van der Waals surface area contributed by atoms with Gasteiger partial charge in [0.15, 0.2) is 0 Å². The molecule has 4 nitrogen and oxygen atoms in total. The third-order valence-electron chi connectivity index (χ3n) is 2.43. The minimum absolute atomic E-state index is 0.0570. The molecule has 0 atom stereocenters. The zero-order valence-electron chi connectivity index (χ0n) is 10.1. The number of carbonyl (C=O) groups is 1. The fourth-order valence-electron chi connectivity index (χ4n) is 1.56. The minimum Gasteiger partial charge on any atom is -0.465 e. The van der Waals surface area contributed by atoms with Crippen LogP contribution < -0.4 is 0 Å². The zero-order chi connectivity index (χ0) is 12.8. The van der Waals surface area contributed by atoms with Gasteiger partial charge in [0.05, 0.1) is 6.26 Å². The second-order valence-electron chi connectivity index (χ2n) is 3.63. The molecule has 0 saturated carbocycles. The third kappa shape index (κ3) is 2.85. The number of furan rings is 1. The topological polar surface area (TPSA) is 48.0 Å². The average molecular weight is 242 g/mol. The van der Waals surface area contributed by atoms with Crippen LogP contribution in [-0.4, -0.2) is 15.6 Å². The predicted octanol–water partition coefficient (Wildman–Crippen LogP) is 2.95. The van der Waals surface area contributed by atoms with Crippen molar-refractivity contribution < 1.29 is 9.21 Å². The number of ketones is 1. The molecule has 0 aromatic carbocycles. The summed E-state index contributed by atoms with van der Waals surface area (Å²) in [5.74, 6) is 0.698. The van der Waals surface area contributed by atoms with Gasteiger partial charge in [0.1, 0.15) is 11.5 Å². The van der Waals surface area contributed by atoms with Gasteiger partial charge in [-0.1, -0.05) is 12.2 Å². The van der Waals surface area contributed by atoms with E-state index in [1.807, 2.05) is 19.1 Å². The average Bonchev–Trinajstić information content (AvgIpc) is 3.04. The molecule has 4 heteroatoms. The number of nitrogens with zero attached hydrogens (tertiary/aromatic N) is 2. The van der Waals surface area contributed by atoms with Gasteiger partial charge in [-0.3, -0.25) is 9.48 Å². The number of hydrogen-bond acceptors (Lipinski definition) is 3. The lowest BCUT2D eigenvalue weighted by molar-refractivity contribution is 0.103. The van der Waals surface area contributed by atoms with Gasteiger partial charge in [-0.25, -0.2) is 0 Å². The Morgan fingerprint density at radius 3 is 3.06 bits per heavy atom. The van der Waals surface area contributed by atoms with Crippen LogP contribution in [0, 0.1) is 0 Å². The van der Waals surface area contributed by atoms with Crippen LogP contribution in [0.2, 0.25) is 0 Å². The first-order valence-corrected chi connectivity index (χ1v) is 5.75. The molecule has 0 aliphatic rings. The Morgan fingerprint density at radius 2 is 2.33 bits per heavy atom. The minimum atomic E-state index is -0.0570. The van der Waals surface area contributed by atoms with E-state index in [1.165, 1.54) is 6.08 Å². The van der Waals surface area contributed by atoms with E-state index in [0.29, 0.717) is 12.2 Å².